The third-order valence-electron chi connectivity index (χ3n) is 4.09. The van der Waals surface area contributed by atoms with E-state index in [-0.39, 0.29) is 28.5 Å². The quantitative estimate of drug-likeness (QED) is 0.677. The smallest absolute Gasteiger partial charge is 0.269 e. The van der Waals surface area contributed by atoms with Crippen LogP contribution >= 0.6 is 0 Å². The van der Waals surface area contributed by atoms with E-state index in [9.17, 15) is 9.18 Å². The molecule has 1 aromatic heterocycles. The number of Topliss-reactive ketones (excluding diaryl/α,β-unsaturated/α-hetero) is 1. The number of halogens is 1. The molecule has 26 heavy (non-hydrogen) atoms. The molecule has 0 aliphatic heterocycles. The molecular weight excluding hydrogens is 333 g/mol. The summed E-state index contributed by atoms with van der Waals surface area (Å²) >= 11 is 0. The Morgan fingerprint density at radius 1 is 1.08 bits per heavy atom. The zero-order valence-corrected chi connectivity index (χ0v) is 15.1. The number of aromatic nitrogens is 3. The lowest BCUT2D eigenvalue weighted by molar-refractivity contribution is 0.101. The molecule has 3 aromatic rings. The number of nitrogens with one attached hydrogen (secondary N) is 1. The highest BCUT2D eigenvalue weighted by Gasteiger charge is 2.17. The van der Waals surface area contributed by atoms with Crippen LogP contribution in [0, 0.1) is 5.82 Å². The highest BCUT2D eigenvalue weighted by molar-refractivity contribution is 5.94. The van der Waals surface area contributed by atoms with Gasteiger partial charge in [-0.2, -0.15) is 0 Å². The van der Waals surface area contributed by atoms with Gasteiger partial charge in [0.2, 0.25) is 0 Å². The molecule has 0 amide bonds. The predicted octanol–water partition coefficient (Wildman–Crippen LogP) is 4.90. The van der Waals surface area contributed by atoms with Gasteiger partial charge in [-0.1, -0.05) is 61.4 Å². The second-order valence-electron chi connectivity index (χ2n) is 7.12. The molecule has 0 saturated carbocycles. The molecule has 0 atom stereocenters. The Morgan fingerprint density at radius 2 is 1.73 bits per heavy atom. The fourth-order valence-corrected chi connectivity index (χ4v) is 2.55. The van der Waals surface area contributed by atoms with Crippen molar-refractivity contribution in [3.8, 4) is 22.8 Å². The summed E-state index contributed by atoms with van der Waals surface area (Å²) in [6.07, 6.45) is 0. The van der Waals surface area contributed by atoms with Gasteiger partial charge in [-0.3, -0.25) is 9.89 Å². The lowest BCUT2D eigenvalue weighted by Gasteiger charge is -2.19. The number of ether oxygens (including phenoxy) is 1. The number of H-pyrrole nitrogens is 1. The summed E-state index contributed by atoms with van der Waals surface area (Å²) in [6, 6.07) is 12.7. The first-order valence-electron chi connectivity index (χ1n) is 8.26. The van der Waals surface area contributed by atoms with Crippen LogP contribution in [0.1, 0.15) is 43.7 Å². The molecule has 0 unspecified atom stereocenters. The molecule has 6 heteroatoms. The molecule has 0 spiro atoms. The van der Waals surface area contributed by atoms with E-state index in [0.29, 0.717) is 0 Å². The van der Waals surface area contributed by atoms with E-state index in [1.807, 2.05) is 24.3 Å². The molecule has 1 N–H and O–H groups in total. The van der Waals surface area contributed by atoms with E-state index in [4.69, 9.17) is 4.74 Å². The van der Waals surface area contributed by atoms with E-state index in [2.05, 4.69) is 36.2 Å². The van der Waals surface area contributed by atoms with Gasteiger partial charge in [-0.05, 0) is 34.2 Å². The second-order valence-corrected chi connectivity index (χ2v) is 7.12. The zero-order valence-electron chi connectivity index (χ0n) is 15.1. The number of hydrogen-bond donors (Lipinski definition) is 1. The lowest BCUT2D eigenvalue weighted by Crippen LogP contribution is -2.10. The Bertz CT molecular complexity index is 940. The number of ketones is 1. The van der Waals surface area contributed by atoms with Gasteiger partial charge in [0.15, 0.2) is 23.0 Å². The Labute approximate surface area is 151 Å². The van der Waals surface area contributed by atoms with Crippen LogP contribution < -0.4 is 4.74 Å². The molecule has 3 rings (SSSR count). The second kappa shape index (κ2) is 6.71. The van der Waals surface area contributed by atoms with E-state index >= 15 is 0 Å². The first-order chi connectivity index (χ1) is 12.3. The average molecular weight is 353 g/mol. The van der Waals surface area contributed by atoms with Crippen molar-refractivity contribution in [1.82, 2.24) is 15.4 Å². The normalized spacial score (nSPS) is 11.4. The van der Waals surface area contributed by atoms with Gasteiger partial charge in [0.25, 0.3) is 5.88 Å². The Morgan fingerprint density at radius 3 is 2.31 bits per heavy atom. The first-order valence-corrected chi connectivity index (χ1v) is 8.26. The van der Waals surface area contributed by atoms with Gasteiger partial charge in [0.1, 0.15) is 0 Å². The van der Waals surface area contributed by atoms with Crippen molar-refractivity contribution in [2.24, 2.45) is 0 Å². The number of nitrogens with zero attached hydrogens (tertiary/aromatic N) is 2. The largest absolute Gasteiger partial charge is 0.433 e. The van der Waals surface area contributed by atoms with Crippen LogP contribution in [-0.4, -0.2) is 21.2 Å². The van der Waals surface area contributed by atoms with Crippen molar-refractivity contribution in [3.63, 3.8) is 0 Å². The molecule has 0 saturated heterocycles. The predicted molar refractivity (Wildman–Crippen MR) is 97.0 cm³/mol. The number of hydrogen-bond acceptors (Lipinski definition) is 4. The number of benzene rings is 2. The van der Waals surface area contributed by atoms with Crippen molar-refractivity contribution in [2.45, 2.75) is 33.1 Å². The van der Waals surface area contributed by atoms with Gasteiger partial charge < -0.3 is 4.74 Å². The van der Waals surface area contributed by atoms with Crippen molar-refractivity contribution < 1.29 is 13.9 Å². The molecule has 134 valence electrons. The number of aromatic amines is 1. The van der Waals surface area contributed by atoms with E-state index in [0.717, 1.165) is 11.1 Å². The molecule has 0 fully saturated rings. The molecule has 1 heterocycles. The van der Waals surface area contributed by atoms with Crippen LogP contribution in [0.3, 0.4) is 0 Å². The summed E-state index contributed by atoms with van der Waals surface area (Å²) in [5.74, 6) is -0.893. The molecular formula is C20H20FN3O2. The lowest BCUT2D eigenvalue weighted by atomic mass is 9.86. The topological polar surface area (TPSA) is 67.9 Å². The molecule has 0 radical (unpaired) electrons. The Hall–Kier alpha value is -3.02. The zero-order chi connectivity index (χ0) is 18.9. The summed E-state index contributed by atoms with van der Waals surface area (Å²) in [5, 5.41) is 9.63. The van der Waals surface area contributed by atoms with E-state index < -0.39 is 5.82 Å². The van der Waals surface area contributed by atoms with Crippen LogP contribution in [0.25, 0.3) is 11.1 Å². The minimum absolute atomic E-state index is 0.0172. The molecule has 2 aromatic carbocycles. The summed E-state index contributed by atoms with van der Waals surface area (Å²) < 4.78 is 19.9. The Kier molecular flexibility index (Phi) is 4.59. The maximum Gasteiger partial charge on any atom is 0.269 e. The van der Waals surface area contributed by atoms with Gasteiger partial charge in [-0.15, -0.1) is 0 Å². The van der Waals surface area contributed by atoms with Crippen molar-refractivity contribution in [2.75, 3.05) is 0 Å². The molecule has 0 aliphatic carbocycles. The van der Waals surface area contributed by atoms with Gasteiger partial charge in [0, 0.05) is 6.92 Å². The maximum absolute atomic E-state index is 14.5. The van der Waals surface area contributed by atoms with Crippen molar-refractivity contribution >= 4 is 5.78 Å². The van der Waals surface area contributed by atoms with Gasteiger partial charge >= 0.3 is 0 Å². The van der Waals surface area contributed by atoms with E-state index in [1.165, 1.54) is 24.6 Å². The number of carbonyl (C=O) groups excluding carboxylic acids is 1. The molecule has 5 nitrogen and oxygen atoms in total. The maximum atomic E-state index is 14.5. The average Bonchev–Trinajstić information content (AvgIpc) is 3.04. The minimum Gasteiger partial charge on any atom is -0.433 e. The van der Waals surface area contributed by atoms with Crippen LogP contribution in [-0.2, 0) is 5.41 Å². The summed E-state index contributed by atoms with van der Waals surface area (Å²) in [5.41, 5.74) is 3.03. The fraction of sp³-hybridized carbons (Fsp3) is 0.250. The van der Waals surface area contributed by atoms with Gasteiger partial charge in [0.05, 0.1) is 0 Å². The summed E-state index contributed by atoms with van der Waals surface area (Å²) in [4.78, 5) is 11.5. The third kappa shape index (κ3) is 3.64. The summed E-state index contributed by atoms with van der Waals surface area (Å²) in [6.45, 7) is 7.79. The van der Waals surface area contributed by atoms with Crippen molar-refractivity contribution in [1.29, 1.82) is 0 Å². The van der Waals surface area contributed by atoms with Crippen molar-refractivity contribution in [3.05, 3.63) is 59.5 Å². The molecule has 0 aliphatic rings. The Balaban J connectivity index is 1.86. The highest BCUT2D eigenvalue weighted by atomic mass is 19.1. The standard InChI is InChI=1S/C20H20FN3O2/c1-12(25)18-19(23-24-22-18)26-17-10-7-14(11-16(17)21)13-5-8-15(9-6-13)20(2,3)4/h5-11H,1-4H3,(H,22,23,24). The number of rotatable bonds is 4. The van der Waals surface area contributed by atoms with Crippen LogP contribution in [0.15, 0.2) is 42.5 Å². The third-order valence-corrected chi connectivity index (χ3v) is 4.09. The van der Waals surface area contributed by atoms with E-state index in [1.54, 1.807) is 6.07 Å². The summed E-state index contributed by atoms with van der Waals surface area (Å²) in [7, 11) is 0. The number of carbonyl (C=O) groups is 1. The monoisotopic (exact) mass is 353 g/mol. The van der Waals surface area contributed by atoms with Crippen LogP contribution in [0.2, 0.25) is 0 Å². The molecule has 0 bridgehead atoms. The first kappa shape index (κ1) is 17.8. The fourth-order valence-electron chi connectivity index (χ4n) is 2.55. The van der Waals surface area contributed by atoms with Crippen LogP contribution in [0.5, 0.6) is 11.6 Å². The minimum atomic E-state index is -0.542. The van der Waals surface area contributed by atoms with Crippen LogP contribution in [0.4, 0.5) is 4.39 Å². The SMILES string of the molecule is CC(=O)c1[nH]nnc1Oc1ccc(-c2ccc(C(C)(C)C)cc2)cc1F. The van der Waals surface area contributed by atoms with Gasteiger partial charge in [-0.25, -0.2) is 4.39 Å². The highest BCUT2D eigenvalue weighted by Crippen LogP contribution is 2.30.